The summed E-state index contributed by atoms with van der Waals surface area (Å²) in [7, 11) is 4.10. The van der Waals surface area contributed by atoms with Crippen molar-refractivity contribution in [3.05, 3.63) is 17.7 Å². The average molecular weight is 252 g/mol. The van der Waals surface area contributed by atoms with Gasteiger partial charge in [-0.3, -0.25) is 4.79 Å². The van der Waals surface area contributed by atoms with Crippen LogP contribution in [0.2, 0.25) is 0 Å². The lowest BCUT2D eigenvalue weighted by Gasteiger charge is -2.07. The topological polar surface area (TPSA) is 71.1 Å². The van der Waals surface area contributed by atoms with Gasteiger partial charge in [0, 0.05) is 12.1 Å². The van der Waals surface area contributed by atoms with E-state index in [0.717, 1.165) is 0 Å². The Labute approximate surface area is 103 Å². The maximum atomic E-state index is 12.0. The molecule has 0 spiro atoms. The molecule has 1 aliphatic heterocycles. The van der Waals surface area contributed by atoms with Gasteiger partial charge in [0.25, 0.3) is 6.10 Å². The Morgan fingerprint density at radius 3 is 2.50 bits per heavy atom. The van der Waals surface area contributed by atoms with Crippen LogP contribution < -0.4 is 14.2 Å². The minimum atomic E-state index is -1.27. The fraction of sp³-hybridized carbons (Fsp3) is 0.333. The van der Waals surface area contributed by atoms with Crippen molar-refractivity contribution >= 4 is 11.8 Å². The number of hydrogen-bond acceptors (Lipinski definition) is 6. The van der Waals surface area contributed by atoms with Crippen LogP contribution in [0, 0.1) is 0 Å². The van der Waals surface area contributed by atoms with E-state index in [1.807, 2.05) is 0 Å². The molecule has 6 heteroatoms. The third-order valence-electron chi connectivity index (χ3n) is 2.64. The van der Waals surface area contributed by atoms with Crippen LogP contribution in [-0.2, 0) is 9.53 Å². The standard InChI is InChI=1S/C12H12O6/c1-15-6-4-7(16-2)9-8(5-6)18-11(10(9)13)12(14)17-3/h4-5,11H,1-3H3. The molecular formula is C12H12O6. The van der Waals surface area contributed by atoms with Gasteiger partial charge in [0.05, 0.1) is 21.3 Å². The molecule has 1 aromatic carbocycles. The van der Waals surface area contributed by atoms with Crippen molar-refractivity contribution in [2.75, 3.05) is 21.3 Å². The number of ketones is 1. The van der Waals surface area contributed by atoms with E-state index >= 15 is 0 Å². The van der Waals surface area contributed by atoms with E-state index in [-0.39, 0.29) is 11.3 Å². The van der Waals surface area contributed by atoms with E-state index in [2.05, 4.69) is 4.74 Å². The van der Waals surface area contributed by atoms with Gasteiger partial charge in [-0.05, 0) is 0 Å². The van der Waals surface area contributed by atoms with E-state index in [1.165, 1.54) is 27.4 Å². The molecule has 0 aromatic heterocycles. The average Bonchev–Trinajstić information content (AvgIpc) is 2.74. The summed E-state index contributed by atoms with van der Waals surface area (Å²) >= 11 is 0. The zero-order chi connectivity index (χ0) is 13.3. The molecule has 1 unspecified atom stereocenters. The SMILES string of the molecule is COC(=O)C1Oc2cc(OC)cc(OC)c2C1=O. The van der Waals surface area contributed by atoms with Gasteiger partial charge in [0.2, 0.25) is 5.78 Å². The molecule has 1 atom stereocenters. The van der Waals surface area contributed by atoms with Crippen molar-refractivity contribution in [3.8, 4) is 17.2 Å². The van der Waals surface area contributed by atoms with Gasteiger partial charge >= 0.3 is 5.97 Å². The van der Waals surface area contributed by atoms with Gasteiger partial charge in [-0.25, -0.2) is 4.79 Å². The molecule has 0 radical (unpaired) electrons. The number of fused-ring (bicyclic) bond motifs is 1. The van der Waals surface area contributed by atoms with Gasteiger partial charge in [0.15, 0.2) is 0 Å². The second kappa shape index (κ2) is 4.56. The van der Waals surface area contributed by atoms with Crippen LogP contribution in [0.15, 0.2) is 12.1 Å². The Kier molecular flexibility index (Phi) is 3.10. The van der Waals surface area contributed by atoms with Crippen LogP contribution in [-0.4, -0.2) is 39.2 Å². The van der Waals surface area contributed by atoms with E-state index in [0.29, 0.717) is 11.5 Å². The number of benzene rings is 1. The van der Waals surface area contributed by atoms with E-state index in [4.69, 9.17) is 14.2 Å². The first-order valence-corrected chi connectivity index (χ1v) is 5.17. The molecule has 1 aliphatic rings. The maximum absolute atomic E-state index is 12.0. The third kappa shape index (κ3) is 1.75. The van der Waals surface area contributed by atoms with E-state index in [1.54, 1.807) is 6.07 Å². The Morgan fingerprint density at radius 2 is 1.94 bits per heavy atom. The van der Waals surface area contributed by atoms with Gasteiger partial charge in [-0.2, -0.15) is 0 Å². The van der Waals surface area contributed by atoms with Gasteiger partial charge < -0.3 is 18.9 Å². The first-order valence-electron chi connectivity index (χ1n) is 5.17. The monoisotopic (exact) mass is 252 g/mol. The quantitative estimate of drug-likeness (QED) is 0.586. The molecule has 0 bridgehead atoms. The number of hydrogen-bond donors (Lipinski definition) is 0. The summed E-state index contributed by atoms with van der Waals surface area (Å²) in [5, 5.41) is 0. The van der Waals surface area contributed by atoms with Crippen LogP contribution >= 0.6 is 0 Å². The Bertz CT molecular complexity index is 508. The highest BCUT2D eigenvalue weighted by molar-refractivity contribution is 6.16. The summed E-state index contributed by atoms with van der Waals surface area (Å²) in [6, 6.07) is 3.08. The van der Waals surface area contributed by atoms with Crippen molar-refractivity contribution in [3.63, 3.8) is 0 Å². The molecule has 0 aliphatic carbocycles. The lowest BCUT2D eigenvalue weighted by molar-refractivity contribution is -0.145. The lowest BCUT2D eigenvalue weighted by atomic mass is 10.1. The Morgan fingerprint density at radius 1 is 1.22 bits per heavy atom. The summed E-state index contributed by atoms with van der Waals surface area (Å²) in [5.74, 6) is -0.176. The molecule has 0 saturated heterocycles. The number of methoxy groups -OCH3 is 3. The molecule has 1 aromatic rings. The largest absolute Gasteiger partial charge is 0.496 e. The summed E-state index contributed by atoms with van der Waals surface area (Å²) in [5.41, 5.74) is 0.230. The number of carbonyl (C=O) groups excluding carboxylic acids is 2. The van der Waals surface area contributed by atoms with Crippen LogP contribution in [0.3, 0.4) is 0 Å². The Hall–Kier alpha value is -2.24. The molecule has 0 fully saturated rings. The second-order valence-electron chi connectivity index (χ2n) is 3.59. The Balaban J connectivity index is 2.47. The highest BCUT2D eigenvalue weighted by atomic mass is 16.6. The fourth-order valence-electron chi connectivity index (χ4n) is 1.75. The van der Waals surface area contributed by atoms with Gasteiger partial charge in [0.1, 0.15) is 22.8 Å². The van der Waals surface area contributed by atoms with Crippen molar-refractivity contribution in [2.45, 2.75) is 6.10 Å². The summed E-state index contributed by atoms with van der Waals surface area (Å²) in [6.45, 7) is 0. The number of rotatable bonds is 3. The normalized spacial score (nSPS) is 16.8. The smallest absolute Gasteiger partial charge is 0.355 e. The van der Waals surface area contributed by atoms with Crippen molar-refractivity contribution in [2.24, 2.45) is 0 Å². The minimum absolute atomic E-state index is 0.230. The van der Waals surface area contributed by atoms with E-state index in [9.17, 15) is 9.59 Å². The van der Waals surface area contributed by atoms with Gasteiger partial charge in [-0.1, -0.05) is 0 Å². The molecule has 18 heavy (non-hydrogen) atoms. The highest BCUT2D eigenvalue weighted by Crippen LogP contribution is 2.39. The first-order chi connectivity index (χ1) is 8.62. The second-order valence-corrected chi connectivity index (χ2v) is 3.59. The predicted octanol–water partition coefficient (Wildman–Crippen LogP) is 0.820. The number of ether oxygens (including phenoxy) is 4. The van der Waals surface area contributed by atoms with Crippen LogP contribution in [0.25, 0.3) is 0 Å². The zero-order valence-electron chi connectivity index (χ0n) is 10.2. The molecule has 0 saturated carbocycles. The molecule has 96 valence electrons. The van der Waals surface area contributed by atoms with Crippen molar-refractivity contribution in [1.29, 1.82) is 0 Å². The summed E-state index contributed by atoms with van der Waals surface area (Å²) in [6.07, 6.45) is -1.27. The minimum Gasteiger partial charge on any atom is -0.496 e. The summed E-state index contributed by atoms with van der Waals surface area (Å²) in [4.78, 5) is 23.4. The first kappa shape index (κ1) is 12.2. The maximum Gasteiger partial charge on any atom is 0.355 e. The predicted molar refractivity (Wildman–Crippen MR) is 60.3 cm³/mol. The van der Waals surface area contributed by atoms with Crippen LogP contribution in [0.4, 0.5) is 0 Å². The molecule has 1 heterocycles. The molecule has 6 nitrogen and oxygen atoms in total. The van der Waals surface area contributed by atoms with Gasteiger partial charge in [-0.15, -0.1) is 0 Å². The van der Waals surface area contributed by atoms with Crippen molar-refractivity contribution < 1.29 is 28.5 Å². The van der Waals surface area contributed by atoms with Crippen molar-refractivity contribution in [1.82, 2.24) is 0 Å². The molecular weight excluding hydrogens is 240 g/mol. The molecule has 0 N–H and O–H groups in total. The fourth-order valence-corrected chi connectivity index (χ4v) is 1.75. The molecule has 0 amide bonds. The molecule has 2 rings (SSSR count). The van der Waals surface area contributed by atoms with Crippen LogP contribution in [0.1, 0.15) is 10.4 Å². The number of esters is 1. The number of Topliss-reactive ketones (excluding diaryl/α,β-unsaturated/α-hetero) is 1. The number of carbonyl (C=O) groups is 2. The van der Waals surface area contributed by atoms with E-state index < -0.39 is 17.9 Å². The summed E-state index contributed by atoms with van der Waals surface area (Å²) < 4.78 is 19.9. The van der Waals surface area contributed by atoms with Crippen LogP contribution in [0.5, 0.6) is 17.2 Å². The third-order valence-corrected chi connectivity index (χ3v) is 2.64. The lowest BCUT2D eigenvalue weighted by Crippen LogP contribution is -2.31. The highest BCUT2D eigenvalue weighted by Gasteiger charge is 2.41. The zero-order valence-corrected chi connectivity index (χ0v) is 10.2.